The van der Waals surface area contributed by atoms with Crippen molar-refractivity contribution in [3.8, 4) is 0 Å². The van der Waals surface area contributed by atoms with E-state index in [-0.39, 0.29) is 18.1 Å². The Kier molecular flexibility index (Phi) is 5.41. The summed E-state index contributed by atoms with van der Waals surface area (Å²) in [6.45, 7) is 3.20. The van der Waals surface area contributed by atoms with E-state index in [1.54, 1.807) is 0 Å². The van der Waals surface area contributed by atoms with Crippen molar-refractivity contribution < 1.29 is 14.3 Å². The van der Waals surface area contributed by atoms with Crippen LogP contribution in [0.25, 0.3) is 0 Å². The van der Waals surface area contributed by atoms with Crippen LogP contribution in [-0.2, 0) is 14.3 Å². The van der Waals surface area contributed by atoms with E-state index < -0.39 is 0 Å². The molecule has 18 heavy (non-hydrogen) atoms. The van der Waals surface area contributed by atoms with E-state index in [1.807, 2.05) is 4.90 Å². The molecule has 1 amide bonds. The van der Waals surface area contributed by atoms with Crippen molar-refractivity contribution in [3.63, 3.8) is 0 Å². The third-order valence-corrected chi connectivity index (χ3v) is 3.77. The number of carbonyl (C=O) groups excluding carboxylic acids is 1. The third-order valence-electron chi connectivity index (χ3n) is 3.77. The van der Waals surface area contributed by atoms with Crippen LogP contribution < -0.4 is 5.73 Å². The second-order valence-corrected chi connectivity index (χ2v) is 5.08. The summed E-state index contributed by atoms with van der Waals surface area (Å²) in [5, 5.41) is 0. The van der Waals surface area contributed by atoms with Gasteiger partial charge in [0.25, 0.3) is 0 Å². The van der Waals surface area contributed by atoms with Gasteiger partial charge in [0.15, 0.2) is 0 Å². The number of nitrogens with zero attached hydrogens (tertiary/aromatic N) is 1. The largest absolute Gasteiger partial charge is 0.378 e. The number of hydrogen-bond acceptors (Lipinski definition) is 4. The van der Waals surface area contributed by atoms with Crippen LogP contribution in [0.5, 0.6) is 0 Å². The highest BCUT2D eigenvalue weighted by Gasteiger charge is 2.26. The lowest BCUT2D eigenvalue weighted by Crippen LogP contribution is -2.52. The summed E-state index contributed by atoms with van der Waals surface area (Å²) in [6, 6.07) is 0.0542. The first-order chi connectivity index (χ1) is 8.81. The van der Waals surface area contributed by atoms with Gasteiger partial charge in [0.05, 0.1) is 25.4 Å². The molecule has 2 aliphatic rings. The van der Waals surface area contributed by atoms with Gasteiger partial charge in [-0.3, -0.25) is 4.79 Å². The van der Waals surface area contributed by atoms with Crippen molar-refractivity contribution >= 4 is 5.91 Å². The fraction of sp³-hybridized carbons (Fsp3) is 0.923. The average molecular weight is 256 g/mol. The van der Waals surface area contributed by atoms with Crippen molar-refractivity contribution in [1.82, 2.24) is 4.90 Å². The zero-order valence-electron chi connectivity index (χ0n) is 11.0. The molecule has 5 nitrogen and oxygen atoms in total. The molecule has 2 rings (SSSR count). The van der Waals surface area contributed by atoms with Crippen molar-refractivity contribution in [3.05, 3.63) is 0 Å². The van der Waals surface area contributed by atoms with Crippen molar-refractivity contribution in [2.45, 2.75) is 44.2 Å². The summed E-state index contributed by atoms with van der Waals surface area (Å²) in [6.07, 6.45) is 5.16. The minimum atomic E-state index is 0.0542. The molecule has 0 aliphatic carbocycles. The van der Waals surface area contributed by atoms with Crippen LogP contribution in [0.15, 0.2) is 0 Å². The Hall–Kier alpha value is -0.650. The molecule has 0 saturated carbocycles. The summed E-state index contributed by atoms with van der Waals surface area (Å²) in [4.78, 5) is 14.1. The summed E-state index contributed by atoms with van der Waals surface area (Å²) in [5.41, 5.74) is 5.67. The minimum absolute atomic E-state index is 0.0542. The summed E-state index contributed by atoms with van der Waals surface area (Å²) in [7, 11) is 0. The van der Waals surface area contributed by atoms with Crippen LogP contribution in [-0.4, -0.2) is 55.9 Å². The van der Waals surface area contributed by atoms with Gasteiger partial charge < -0.3 is 20.1 Å². The number of ether oxygens (including phenoxy) is 2. The Bertz CT molecular complexity index is 267. The quantitative estimate of drug-likeness (QED) is 0.796. The fourth-order valence-electron chi connectivity index (χ4n) is 2.64. The van der Waals surface area contributed by atoms with Gasteiger partial charge in [-0.25, -0.2) is 0 Å². The normalized spacial score (nSPS) is 29.3. The van der Waals surface area contributed by atoms with Gasteiger partial charge in [0, 0.05) is 26.1 Å². The molecule has 2 saturated heterocycles. The Labute approximate surface area is 109 Å². The number of amides is 1. The Morgan fingerprint density at radius 3 is 2.94 bits per heavy atom. The number of nitrogens with two attached hydrogens (primary N) is 1. The molecule has 2 N–H and O–H groups in total. The molecular weight excluding hydrogens is 232 g/mol. The maximum Gasteiger partial charge on any atom is 0.223 e. The van der Waals surface area contributed by atoms with Crippen LogP contribution in [0.3, 0.4) is 0 Å². The highest BCUT2D eigenvalue weighted by Crippen LogP contribution is 2.18. The average Bonchev–Trinajstić information content (AvgIpc) is 2.45. The lowest BCUT2D eigenvalue weighted by Gasteiger charge is -2.35. The van der Waals surface area contributed by atoms with E-state index >= 15 is 0 Å². The standard InChI is InChI=1S/C13H24N2O3/c14-9-11-10-17-8-6-15(11)13(16)5-4-12-3-1-2-7-18-12/h11-12H,1-10,14H2. The lowest BCUT2D eigenvalue weighted by molar-refractivity contribution is -0.140. The van der Waals surface area contributed by atoms with E-state index in [0.717, 1.165) is 25.9 Å². The zero-order valence-corrected chi connectivity index (χ0v) is 11.0. The maximum atomic E-state index is 12.2. The first kappa shape index (κ1) is 13.8. The summed E-state index contributed by atoms with van der Waals surface area (Å²) in [5.74, 6) is 0.197. The second kappa shape index (κ2) is 7.07. The Balaban J connectivity index is 1.75. The van der Waals surface area contributed by atoms with Gasteiger partial charge >= 0.3 is 0 Å². The molecule has 0 aromatic heterocycles. The molecular formula is C13H24N2O3. The first-order valence-electron chi connectivity index (χ1n) is 7.00. The third kappa shape index (κ3) is 3.67. The highest BCUT2D eigenvalue weighted by molar-refractivity contribution is 5.76. The van der Waals surface area contributed by atoms with Crippen LogP contribution in [0.1, 0.15) is 32.1 Å². The molecule has 2 heterocycles. The van der Waals surface area contributed by atoms with Gasteiger partial charge in [0.1, 0.15) is 0 Å². The summed E-state index contributed by atoms with van der Waals surface area (Å²) >= 11 is 0. The van der Waals surface area contributed by atoms with Gasteiger partial charge in [-0.1, -0.05) is 0 Å². The molecule has 0 spiro atoms. The molecule has 2 atom stereocenters. The molecule has 0 aromatic rings. The molecule has 5 heteroatoms. The number of morpholine rings is 1. The van der Waals surface area contributed by atoms with E-state index in [2.05, 4.69) is 0 Å². The highest BCUT2D eigenvalue weighted by atomic mass is 16.5. The smallest absolute Gasteiger partial charge is 0.223 e. The Morgan fingerprint density at radius 1 is 1.33 bits per heavy atom. The van der Waals surface area contributed by atoms with Gasteiger partial charge in [-0.2, -0.15) is 0 Å². The monoisotopic (exact) mass is 256 g/mol. The molecule has 0 aromatic carbocycles. The number of hydrogen-bond donors (Lipinski definition) is 1. The Morgan fingerprint density at radius 2 is 2.22 bits per heavy atom. The van der Waals surface area contributed by atoms with Crippen molar-refractivity contribution in [1.29, 1.82) is 0 Å². The van der Waals surface area contributed by atoms with E-state index in [0.29, 0.717) is 32.7 Å². The predicted octanol–water partition coefficient (Wildman–Crippen LogP) is 0.522. The fourth-order valence-corrected chi connectivity index (χ4v) is 2.64. The van der Waals surface area contributed by atoms with Crippen LogP contribution in [0, 0.1) is 0 Å². The van der Waals surface area contributed by atoms with Crippen LogP contribution in [0.4, 0.5) is 0 Å². The van der Waals surface area contributed by atoms with Crippen molar-refractivity contribution in [2.24, 2.45) is 5.73 Å². The SMILES string of the molecule is NCC1COCCN1C(=O)CCC1CCCCO1. The topological polar surface area (TPSA) is 64.8 Å². The number of rotatable bonds is 4. The van der Waals surface area contributed by atoms with E-state index in [9.17, 15) is 4.79 Å². The minimum Gasteiger partial charge on any atom is -0.378 e. The predicted molar refractivity (Wildman–Crippen MR) is 68.2 cm³/mol. The maximum absolute atomic E-state index is 12.2. The molecule has 2 unspecified atom stereocenters. The van der Waals surface area contributed by atoms with Crippen molar-refractivity contribution in [2.75, 3.05) is 32.9 Å². The lowest BCUT2D eigenvalue weighted by atomic mass is 10.0. The second-order valence-electron chi connectivity index (χ2n) is 5.08. The van der Waals surface area contributed by atoms with Gasteiger partial charge in [-0.05, 0) is 25.7 Å². The first-order valence-corrected chi connectivity index (χ1v) is 7.00. The molecule has 104 valence electrons. The summed E-state index contributed by atoms with van der Waals surface area (Å²) < 4.78 is 11.0. The van der Waals surface area contributed by atoms with Gasteiger partial charge in [0.2, 0.25) is 5.91 Å². The van der Waals surface area contributed by atoms with E-state index in [1.165, 1.54) is 6.42 Å². The van der Waals surface area contributed by atoms with Crippen LogP contribution in [0.2, 0.25) is 0 Å². The molecule has 2 aliphatic heterocycles. The molecule has 0 radical (unpaired) electrons. The molecule has 0 bridgehead atoms. The van der Waals surface area contributed by atoms with Crippen LogP contribution >= 0.6 is 0 Å². The van der Waals surface area contributed by atoms with Gasteiger partial charge in [-0.15, -0.1) is 0 Å². The zero-order chi connectivity index (χ0) is 12.8. The number of carbonyl (C=O) groups is 1. The van der Waals surface area contributed by atoms with E-state index in [4.69, 9.17) is 15.2 Å². The molecule has 2 fully saturated rings.